The Kier molecular flexibility index (Phi) is 5.18. The maximum atomic E-state index is 6.28. The Hall–Kier alpha value is -0.190. The van der Waals surface area contributed by atoms with Crippen molar-refractivity contribution in [3.63, 3.8) is 0 Å². The van der Waals surface area contributed by atoms with Crippen LogP contribution < -0.4 is 5.32 Å². The van der Waals surface area contributed by atoms with Gasteiger partial charge in [0.25, 0.3) is 0 Å². The van der Waals surface area contributed by atoms with Gasteiger partial charge in [0, 0.05) is 32.0 Å². The topological polar surface area (TPSA) is 12.0 Å². The van der Waals surface area contributed by atoms with E-state index in [1.54, 1.807) is 0 Å². The minimum absolute atomic E-state index is 0.333. The largest absolute Gasteiger partial charge is 0.306 e. The Labute approximate surface area is 147 Å². The van der Waals surface area contributed by atoms with E-state index in [1.165, 1.54) is 10.5 Å². The van der Waals surface area contributed by atoms with Crippen LogP contribution >= 0.6 is 50.9 Å². The second-order valence-corrected chi connectivity index (χ2v) is 7.88. The fraction of sp³-hybridized carbons (Fsp3) is 0.250. The molecule has 0 fully saturated rings. The molecule has 3 rings (SSSR count). The third-order valence-electron chi connectivity index (χ3n) is 3.57. The molecule has 110 valence electrons. The predicted molar refractivity (Wildman–Crippen MR) is 95.5 cm³/mol. The third-order valence-corrected chi connectivity index (χ3v) is 5.77. The van der Waals surface area contributed by atoms with E-state index in [4.69, 9.17) is 23.2 Å². The fourth-order valence-electron chi connectivity index (χ4n) is 2.48. The second kappa shape index (κ2) is 6.93. The number of halogens is 3. The zero-order chi connectivity index (χ0) is 14.8. The van der Waals surface area contributed by atoms with Crippen LogP contribution in [0.15, 0.2) is 45.8 Å². The van der Waals surface area contributed by atoms with E-state index in [9.17, 15) is 0 Å². The maximum Gasteiger partial charge on any atom is 0.0462 e. The smallest absolute Gasteiger partial charge is 0.0462 e. The van der Waals surface area contributed by atoms with E-state index < -0.39 is 0 Å². The molecule has 5 heteroatoms. The van der Waals surface area contributed by atoms with Crippen LogP contribution in [0.3, 0.4) is 0 Å². The van der Waals surface area contributed by atoms with Gasteiger partial charge < -0.3 is 5.32 Å². The van der Waals surface area contributed by atoms with Gasteiger partial charge in [-0.05, 0) is 53.6 Å². The Balaban J connectivity index is 1.76. The molecule has 1 aliphatic heterocycles. The van der Waals surface area contributed by atoms with E-state index in [0.717, 1.165) is 38.8 Å². The third kappa shape index (κ3) is 3.77. The highest BCUT2D eigenvalue weighted by atomic mass is 79.9. The van der Waals surface area contributed by atoms with Crippen molar-refractivity contribution in [1.82, 2.24) is 5.32 Å². The van der Waals surface area contributed by atoms with E-state index in [1.807, 2.05) is 30.0 Å². The minimum atomic E-state index is 0.333. The first-order valence-corrected chi connectivity index (χ1v) is 9.26. The molecular weight excluding hydrogens is 389 g/mol. The zero-order valence-electron chi connectivity index (χ0n) is 11.2. The van der Waals surface area contributed by atoms with E-state index in [0.29, 0.717) is 6.04 Å². The van der Waals surface area contributed by atoms with Crippen LogP contribution in [-0.2, 0) is 6.54 Å². The Morgan fingerprint density at radius 2 is 2.05 bits per heavy atom. The summed E-state index contributed by atoms with van der Waals surface area (Å²) < 4.78 is 1.00. The summed E-state index contributed by atoms with van der Waals surface area (Å²) in [6, 6.07) is 12.5. The molecule has 1 N–H and O–H groups in total. The second-order valence-electron chi connectivity index (χ2n) is 4.99. The molecule has 1 nitrogen and oxygen atoms in total. The molecule has 0 bridgehead atoms. The van der Waals surface area contributed by atoms with Gasteiger partial charge in [0.2, 0.25) is 0 Å². The van der Waals surface area contributed by atoms with Crippen LogP contribution in [0.2, 0.25) is 10.0 Å². The number of hydrogen-bond acceptors (Lipinski definition) is 2. The maximum absolute atomic E-state index is 6.28. The van der Waals surface area contributed by atoms with Crippen molar-refractivity contribution < 1.29 is 0 Å². The molecule has 0 aromatic heterocycles. The Morgan fingerprint density at radius 1 is 1.19 bits per heavy atom. The molecule has 0 spiro atoms. The van der Waals surface area contributed by atoms with Crippen molar-refractivity contribution in [2.45, 2.75) is 23.9 Å². The fourth-order valence-corrected chi connectivity index (χ4v) is 4.50. The number of nitrogens with one attached hydrogen (secondary N) is 1. The SMILES string of the molecule is Clc1ccc2c(c1)C(NCc1ccc(Br)cc1Cl)CCS2. The zero-order valence-corrected chi connectivity index (χ0v) is 15.1. The lowest BCUT2D eigenvalue weighted by atomic mass is 10.0. The standard InChI is InChI=1S/C16H14BrCl2NS/c17-11-2-1-10(14(19)7-11)9-20-15-5-6-21-16-4-3-12(18)8-13(15)16/h1-4,7-8,15,20H,5-6,9H2. The van der Waals surface area contributed by atoms with Crippen molar-refractivity contribution in [3.8, 4) is 0 Å². The first-order valence-electron chi connectivity index (χ1n) is 6.73. The quantitative estimate of drug-likeness (QED) is 0.667. The highest BCUT2D eigenvalue weighted by molar-refractivity contribution is 9.10. The number of fused-ring (bicyclic) bond motifs is 1. The number of thioether (sulfide) groups is 1. The Morgan fingerprint density at radius 3 is 2.86 bits per heavy atom. The summed E-state index contributed by atoms with van der Waals surface area (Å²) in [5.41, 5.74) is 2.41. The monoisotopic (exact) mass is 401 g/mol. The molecule has 1 unspecified atom stereocenters. The average Bonchev–Trinajstić information content (AvgIpc) is 2.46. The molecule has 2 aromatic rings. The highest BCUT2D eigenvalue weighted by Gasteiger charge is 2.20. The molecule has 0 aliphatic carbocycles. The molecular formula is C16H14BrCl2NS. The van der Waals surface area contributed by atoms with Gasteiger partial charge in [0.15, 0.2) is 0 Å². The molecule has 0 saturated heterocycles. The molecule has 1 heterocycles. The lowest BCUT2D eigenvalue weighted by Crippen LogP contribution is -2.24. The Bertz CT molecular complexity index is 663. The molecule has 0 amide bonds. The van der Waals surface area contributed by atoms with Gasteiger partial charge in [-0.1, -0.05) is 45.2 Å². The first kappa shape index (κ1) is 15.7. The van der Waals surface area contributed by atoms with Crippen LogP contribution in [0, 0.1) is 0 Å². The summed E-state index contributed by atoms with van der Waals surface area (Å²) in [6.07, 6.45) is 1.10. The van der Waals surface area contributed by atoms with Gasteiger partial charge in [0.1, 0.15) is 0 Å². The van der Waals surface area contributed by atoms with Crippen molar-refractivity contribution >= 4 is 50.9 Å². The van der Waals surface area contributed by atoms with E-state index >= 15 is 0 Å². The summed E-state index contributed by atoms with van der Waals surface area (Å²) in [5.74, 6) is 1.13. The summed E-state index contributed by atoms with van der Waals surface area (Å²) in [6.45, 7) is 0.757. The van der Waals surface area contributed by atoms with Crippen molar-refractivity contribution in [2.75, 3.05) is 5.75 Å². The summed E-state index contributed by atoms with van der Waals surface area (Å²) in [4.78, 5) is 1.32. The highest BCUT2D eigenvalue weighted by Crippen LogP contribution is 2.37. The molecule has 0 radical (unpaired) electrons. The molecule has 21 heavy (non-hydrogen) atoms. The van der Waals surface area contributed by atoms with Gasteiger partial charge in [-0.15, -0.1) is 11.8 Å². The minimum Gasteiger partial charge on any atom is -0.306 e. The van der Waals surface area contributed by atoms with Crippen LogP contribution in [0.1, 0.15) is 23.6 Å². The summed E-state index contributed by atoms with van der Waals surface area (Å²) >= 11 is 17.7. The molecule has 0 saturated carbocycles. The van der Waals surface area contributed by atoms with Gasteiger partial charge in [-0.3, -0.25) is 0 Å². The first-order chi connectivity index (χ1) is 10.1. The predicted octanol–water partition coefficient (Wildman–Crippen LogP) is 6.08. The van der Waals surface area contributed by atoms with Crippen LogP contribution in [0.5, 0.6) is 0 Å². The van der Waals surface area contributed by atoms with E-state index in [-0.39, 0.29) is 0 Å². The normalized spacial score (nSPS) is 17.6. The van der Waals surface area contributed by atoms with Crippen LogP contribution in [-0.4, -0.2) is 5.75 Å². The van der Waals surface area contributed by atoms with Crippen molar-refractivity contribution in [2.24, 2.45) is 0 Å². The van der Waals surface area contributed by atoms with Crippen molar-refractivity contribution in [3.05, 3.63) is 62.0 Å². The lowest BCUT2D eigenvalue weighted by molar-refractivity contribution is 0.510. The van der Waals surface area contributed by atoms with Gasteiger partial charge in [0.05, 0.1) is 0 Å². The molecule has 1 aliphatic rings. The van der Waals surface area contributed by atoms with E-state index in [2.05, 4.69) is 39.4 Å². The van der Waals surface area contributed by atoms with Crippen LogP contribution in [0.4, 0.5) is 0 Å². The van der Waals surface area contributed by atoms with Crippen molar-refractivity contribution in [1.29, 1.82) is 0 Å². The average molecular weight is 403 g/mol. The summed E-state index contributed by atoms with van der Waals surface area (Å²) in [5, 5.41) is 5.19. The number of benzene rings is 2. The van der Waals surface area contributed by atoms with Gasteiger partial charge >= 0.3 is 0 Å². The summed E-state index contributed by atoms with van der Waals surface area (Å²) in [7, 11) is 0. The number of hydrogen-bond donors (Lipinski definition) is 1. The van der Waals surface area contributed by atoms with Gasteiger partial charge in [-0.25, -0.2) is 0 Å². The molecule has 2 aromatic carbocycles. The lowest BCUT2D eigenvalue weighted by Gasteiger charge is -2.26. The number of rotatable bonds is 3. The van der Waals surface area contributed by atoms with Crippen LogP contribution in [0.25, 0.3) is 0 Å². The molecule has 1 atom stereocenters. The van der Waals surface area contributed by atoms with Gasteiger partial charge in [-0.2, -0.15) is 0 Å².